The highest BCUT2D eigenvalue weighted by Gasteiger charge is 2.23. The van der Waals surface area contributed by atoms with E-state index in [1.807, 2.05) is 60.7 Å². The molecule has 6 nitrogen and oxygen atoms in total. The zero-order valence-corrected chi connectivity index (χ0v) is 18.0. The molecule has 0 spiro atoms. The summed E-state index contributed by atoms with van der Waals surface area (Å²) in [5.41, 5.74) is 2.59. The summed E-state index contributed by atoms with van der Waals surface area (Å²) in [4.78, 5) is 12.9. The molecule has 0 amide bonds. The van der Waals surface area contributed by atoms with Gasteiger partial charge in [0, 0.05) is 13.1 Å². The van der Waals surface area contributed by atoms with E-state index in [0.717, 1.165) is 17.4 Å². The predicted molar refractivity (Wildman–Crippen MR) is 119 cm³/mol. The average molecular weight is 440 g/mol. The van der Waals surface area contributed by atoms with Crippen molar-refractivity contribution in [3.8, 4) is 5.75 Å². The van der Waals surface area contributed by atoms with E-state index >= 15 is 0 Å². The third-order valence-electron chi connectivity index (χ3n) is 4.54. The van der Waals surface area contributed by atoms with Crippen LogP contribution in [0.2, 0.25) is 0 Å². The first-order chi connectivity index (χ1) is 14.9. The Morgan fingerprint density at radius 3 is 2.19 bits per heavy atom. The zero-order valence-electron chi connectivity index (χ0n) is 17.2. The molecule has 0 aromatic heterocycles. The number of carbonyl (C=O) groups excluding carboxylic acids is 1. The Kier molecular flexibility index (Phi) is 7.81. The van der Waals surface area contributed by atoms with E-state index in [0.29, 0.717) is 18.7 Å². The predicted octanol–water partition coefficient (Wildman–Crippen LogP) is 3.64. The van der Waals surface area contributed by atoms with Crippen molar-refractivity contribution in [1.29, 1.82) is 0 Å². The molecule has 1 unspecified atom stereocenters. The van der Waals surface area contributed by atoms with Crippen molar-refractivity contribution < 1.29 is 22.1 Å². The maximum absolute atomic E-state index is 12.9. The molecule has 3 aromatic rings. The Hall–Kier alpha value is -3.16. The topological polar surface area (TPSA) is 81.7 Å². The summed E-state index contributed by atoms with van der Waals surface area (Å²) in [6.07, 6.45) is 0.979. The van der Waals surface area contributed by atoms with Crippen LogP contribution in [0.4, 0.5) is 0 Å². The minimum Gasteiger partial charge on any atom is -0.460 e. The van der Waals surface area contributed by atoms with Crippen LogP contribution in [0.15, 0.2) is 84.9 Å². The van der Waals surface area contributed by atoms with Crippen LogP contribution < -0.4 is 9.50 Å². The van der Waals surface area contributed by atoms with Gasteiger partial charge in [0.15, 0.2) is 0 Å². The molecular formula is C24H25NO5S. The molecule has 0 saturated heterocycles. The quantitative estimate of drug-likeness (QED) is 0.384. The van der Waals surface area contributed by atoms with Gasteiger partial charge in [-0.2, -0.15) is 8.42 Å². The highest BCUT2D eigenvalue weighted by Crippen LogP contribution is 2.23. The molecule has 0 bridgehead atoms. The lowest BCUT2D eigenvalue weighted by atomic mass is 9.98. The Morgan fingerprint density at radius 2 is 1.55 bits per heavy atom. The second-order valence-corrected chi connectivity index (χ2v) is 8.70. The Balaban J connectivity index is 1.74. The summed E-state index contributed by atoms with van der Waals surface area (Å²) in [6, 6.07) is 25.8. The molecule has 0 aliphatic heterocycles. The van der Waals surface area contributed by atoms with Gasteiger partial charge in [-0.3, -0.25) is 4.79 Å². The minimum absolute atomic E-state index is 0.156. The van der Waals surface area contributed by atoms with Crippen molar-refractivity contribution in [2.45, 2.75) is 19.1 Å². The van der Waals surface area contributed by atoms with Crippen LogP contribution in [0.1, 0.15) is 22.6 Å². The van der Waals surface area contributed by atoms with E-state index < -0.39 is 22.0 Å². The van der Waals surface area contributed by atoms with E-state index in [1.54, 1.807) is 18.2 Å². The van der Waals surface area contributed by atoms with Crippen molar-refractivity contribution in [2.24, 2.45) is 0 Å². The molecule has 0 saturated carbocycles. The highest BCUT2D eigenvalue weighted by atomic mass is 32.2. The lowest BCUT2D eigenvalue weighted by molar-refractivity contribution is -0.146. The van der Waals surface area contributed by atoms with Gasteiger partial charge in [-0.1, -0.05) is 72.8 Å². The molecule has 0 aliphatic rings. The largest absolute Gasteiger partial charge is 0.460 e. The van der Waals surface area contributed by atoms with Gasteiger partial charge in [0.05, 0.1) is 12.2 Å². The molecule has 0 radical (unpaired) electrons. The molecule has 0 heterocycles. The van der Waals surface area contributed by atoms with Crippen molar-refractivity contribution in [1.82, 2.24) is 5.32 Å². The maximum Gasteiger partial charge on any atom is 0.315 e. The fourth-order valence-electron chi connectivity index (χ4n) is 3.08. The fraction of sp³-hybridized carbons (Fsp3) is 0.208. The van der Waals surface area contributed by atoms with Gasteiger partial charge in [0.1, 0.15) is 12.4 Å². The summed E-state index contributed by atoms with van der Waals surface area (Å²) >= 11 is 0. The Bertz CT molecular complexity index is 1090. The SMILES string of the molecule is CS(=O)(=O)Oc1cccc(C(CNCc2ccccc2)C(=O)OCc2ccccc2)c1. The van der Waals surface area contributed by atoms with Crippen LogP contribution in [0.5, 0.6) is 5.75 Å². The number of hydrogen-bond acceptors (Lipinski definition) is 6. The molecule has 162 valence electrons. The first-order valence-electron chi connectivity index (χ1n) is 9.85. The molecule has 31 heavy (non-hydrogen) atoms. The normalized spacial score (nSPS) is 12.2. The summed E-state index contributed by atoms with van der Waals surface area (Å²) in [5, 5.41) is 3.29. The first kappa shape index (κ1) is 22.5. The van der Waals surface area contributed by atoms with Crippen molar-refractivity contribution >= 4 is 16.1 Å². The number of nitrogens with one attached hydrogen (secondary N) is 1. The van der Waals surface area contributed by atoms with E-state index in [-0.39, 0.29) is 12.4 Å². The van der Waals surface area contributed by atoms with Crippen LogP contribution in [0, 0.1) is 0 Å². The monoisotopic (exact) mass is 439 g/mol. The van der Waals surface area contributed by atoms with Gasteiger partial charge in [-0.05, 0) is 28.8 Å². The van der Waals surface area contributed by atoms with E-state index in [9.17, 15) is 13.2 Å². The molecule has 1 atom stereocenters. The second kappa shape index (κ2) is 10.7. The minimum atomic E-state index is -3.67. The van der Waals surface area contributed by atoms with Crippen LogP contribution in [0.3, 0.4) is 0 Å². The fourth-order valence-corrected chi connectivity index (χ4v) is 3.53. The van der Waals surface area contributed by atoms with E-state index in [1.165, 1.54) is 6.07 Å². The van der Waals surface area contributed by atoms with E-state index in [4.69, 9.17) is 8.92 Å². The molecule has 0 aliphatic carbocycles. The van der Waals surface area contributed by atoms with Gasteiger partial charge in [0.2, 0.25) is 0 Å². The van der Waals surface area contributed by atoms with Gasteiger partial charge in [0.25, 0.3) is 0 Å². The summed E-state index contributed by atoms with van der Waals surface area (Å²) in [6.45, 7) is 1.07. The Morgan fingerprint density at radius 1 is 0.903 bits per heavy atom. The van der Waals surface area contributed by atoms with Gasteiger partial charge in [-0.25, -0.2) is 0 Å². The number of rotatable bonds is 10. The number of esters is 1. The van der Waals surface area contributed by atoms with Crippen LogP contribution >= 0.6 is 0 Å². The van der Waals surface area contributed by atoms with E-state index in [2.05, 4.69) is 5.32 Å². The lowest BCUT2D eigenvalue weighted by Crippen LogP contribution is -2.28. The molecule has 0 fully saturated rings. The van der Waals surface area contributed by atoms with Crippen LogP contribution in [-0.4, -0.2) is 27.2 Å². The molecule has 3 aromatic carbocycles. The summed E-state index contributed by atoms with van der Waals surface area (Å²) in [5.74, 6) is -0.875. The zero-order chi connectivity index (χ0) is 22.1. The smallest absolute Gasteiger partial charge is 0.315 e. The number of ether oxygens (including phenoxy) is 1. The second-order valence-electron chi connectivity index (χ2n) is 7.12. The highest BCUT2D eigenvalue weighted by molar-refractivity contribution is 7.86. The van der Waals surface area contributed by atoms with Crippen molar-refractivity contribution in [2.75, 3.05) is 12.8 Å². The van der Waals surface area contributed by atoms with Gasteiger partial charge < -0.3 is 14.2 Å². The van der Waals surface area contributed by atoms with Crippen LogP contribution in [-0.2, 0) is 32.8 Å². The van der Waals surface area contributed by atoms with Gasteiger partial charge in [-0.15, -0.1) is 0 Å². The standard InChI is InChI=1S/C24H25NO5S/c1-31(27,28)30-22-14-8-13-21(15-22)23(17-25-16-19-9-4-2-5-10-19)24(26)29-18-20-11-6-3-7-12-20/h2-15,23,25H,16-18H2,1H3. The lowest BCUT2D eigenvalue weighted by Gasteiger charge is -2.18. The molecule has 3 rings (SSSR count). The average Bonchev–Trinajstić information content (AvgIpc) is 2.75. The number of hydrogen-bond donors (Lipinski definition) is 1. The van der Waals surface area contributed by atoms with Gasteiger partial charge >= 0.3 is 16.1 Å². The third-order valence-corrected chi connectivity index (χ3v) is 5.03. The molecular weight excluding hydrogens is 414 g/mol. The number of carbonyl (C=O) groups is 1. The molecule has 7 heteroatoms. The van der Waals surface area contributed by atoms with Crippen molar-refractivity contribution in [3.63, 3.8) is 0 Å². The third kappa shape index (κ3) is 7.55. The summed E-state index contributed by atoms with van der Waals surface area (Å²) in [7, 11) is -3.67. The maximum atomic E-state index is 12.9. The molecule has 1 N–H and O–H groups in total. The summed E-state index contributed by atoms with van der Waals surface area (Å²) < 4.78 is 33.5. The Labute approximate surface area is 183 Å². The van der Waals surface area contributed by atoms with Crippen LogP contribution in [0.25, 0.3) is 0 Å². The number of benzene rings is 3. The van der Waals surface area contributed by atoms with Crippen molar-refractivity contribution in [3.05, 3.63) is 102 Å². The first-order valence-corrected chi connectivity index (χ1v) is 11.7.